The van der Waals surface area contributed by atoms with Gasteiger partial charge in [0.05, 0.1) is 17.5 Å². The van der Waals surface area contributed by atoms with Crippen LogP contribution in [0.5, 0.6) is 11.5 Å². The number of likely N-dealkylation sites (N-methyl/N-ethyl adjacent to an activating group) is 1. The van der Waals surface area contributed by atoms with Gasteiger partial charge in [-0.25, -0.2) is 0 Å². The van der Waals surface area contributed by atoms with Crippen molar-refractivity contribution in [3.63, 3.8) is 0 Å². The normalized spacial score (nSPS) is 34.6. The molecule has 2 amide bonds. The molecule has 4 atom stereocenters. The van der Waals surface area contributed by atoms with E-state index >= 15 is 0 Å². The van der Waals surface area contributed by atoms with E-state index in [1.54, 1.807) is 37.9 Å². The molecular weight excluding hydrogens is 386 g/mol. The van der Waals surface area contributed by atoms with Crippen molar-refractivity contribution in [2.24, 2.45) is 5.41 Å². The number of thiol groups is 1. The molecule has 1 aromatic rings. The topological polar surface area (TPSA) is 82.9 Å². The van der Waals surface area contributed by atoms with Gasteiger partial charge in [-0.1, -0.05) is 16.9 Å². The molecule has 0 bridgehead atoms. The van der Waals surface area contributed by atoms with Crippen LogP contribution in [-0.4, -0.2) is 46.4 Å². The third kappa shape index (κ3) is 2.36. The Labute approximate surface area is 166 Å². The zero-order valence-electron chi connectivity index (χ0n) is 15.1. The van der Waals surface area contributed by atoms with Gasteiger partial charge >= 0.3 is 0 Å². The SMILES string of the molecule is CN1C(=O)C2C[C@](C)(C#N)[C@H](c3ccc4c(c3)OCO4)N2C(=O)[C@@]1(C)SS. The Kier molecular flexibility index (Phi) is 4.05. The first-order chi connectivity index (χ1) is 12.8. The molecule has 4 rings (SSSR count). The van der Waals surface area contributed by atoms with Gasteiger partial charge in [0, 0.05) is 7.05 Å². The van der Waals surface area contributed by atoms with E-state index in [2.05, 4.69) is 17.7 Å². The van der Waals surface area contributed by atoms with Crippen molar-refractivity contribution in [2.75, 3.05) is 13.8 Å². The number of ether oxygens (including phenoxy) is 2. The predicted octanol–water partition coefficient (Wildman–Crippen LogP) is 2.35. The maximum Gasteiger partial charge on any atom is 0.260 e. The molecule has 0 spiro atoms. The number of carbonyl (C=O) groups is 2. The molecular formula is C18H19N3O4S2. The van der Waals surface area contributed by atoms with Crippen molar-refractivity contribution in [1.82, 2.24) is 9.80 Å². The number of amides is 2. The number of benzene rings is 1. The van der Waals surface area contributed by atoms with Crippen LogP contribution in [0.2, 0.25) is 0 Å². The standard InChI is InChI=1S/C18H19N3O4S2/c1-17(8-19)7-11-15(22)20(3)18(2,27-26)16(23)21(11)14(17)10-4-5-12-13(6-10)25-9-24-12/h4-6,11,14,26H,7,9H2,1-3H3/t11?,14-,17+,18+/m0/s1. The van der Waals surface area contributed by atoms with Crippen LogP contribution in [0.4, 0.5) is 0 Å². The first-order valence-electron chi connectivity index (χ1n) is 8.50. The van der Waals surface area contributed by atoms with Gasteiger partial charge in [-0.2, -0.15) is 5.26 Å². The fraction of sp³-hybridized carbons (Fsp3) is 0.500. The van der Waals surface area contributed by atoms with Gasteiger partial charge in [0.15, 0.2) is 16.4 Å². The number of carbonyl (C=O) groups excluding carboxylic acids is 2. The Hall–Kier alpha value is -2.05. The van der Waals surface area contributed by atoms with E-state index in [-0.39, 0.29) is 25.0 Å². The molecule has 0 saturated carbocycles. The number of fused-ring (bicyclic) bond motifs is 2. The lowest BCUT2D eigenvalue weighted by Crippen LogP contribution is -2.66. The minimum Gasteiger partial charge on any atom is -0.454 e. The molecule has 9 heteroatoms. The van der Waals surface area contributed by atoms with Crippen molar-refractivity contribution >= 4 is 34.3 Å². The number of nitrogens with zero attached hydrogens (tertiary/aromatic N) is 3. The Morgan fingerprint density at radius 2 is 2.00 bits per heavy atom. The van der Waals surface area contributed by atoms with Gasteiger partial charge in [0.2, 0.25) is 12.7 Å². The lowest BCUT2D eigenvalue weighted by atomic mass is 9.79. The van der Waals surface area contributed by atoms with Crippen molar-refractivity contribution in [3.8, 4) is 17.6 Å². The second-order valence-electron chi connectivity index (χ2n) is 7.45. The summed E-state index contributed by atoms with van der Waals surface area (Å²) < 4.78 is 10.8. The molecule has 1 aromatic carbocycles. The lowest BCUT2D eigenvalue weighted by molar-refractivity contribution is -0.161. The second kappa shape index (κ2) is 5.97. The van der Waals surface area contributed by atoms with E-state index in [4.69, 9.17) is 9.47 Å². The third-order valence-corrected chi connectivity index (χ3v) is 7.74. The number of nitriles is 1. The van der Waals surface area contributed by atoms with Crippen LogP contribution >= 0.6 is 22.5 Å². The zero-order valence-corrected chi connectivity index (χ0v) is 16.8. The summed E-state index contributed by atoms with van der Waals surface area (Å²) in [5, 5.41) is 9.93. The fourth-order valence-corrected chi connectivity index (χ4v) is 5.20. The molecule has 27 heavy (non-hydrogen) atoms. The van der Waals surface area contributed by atoms with Crippen molar-refractivity contribution in [1.29, 1.82) is 5.26 Å². The summed E-state index contributed by atoms with van der Waals surface area (Å²) in [4.78, 5) is 28.3. The van der Waals surface area contributed by atoms with Crippen LogP contribution in [0.3, 0.4) is 0 Å². The zero-order chi connectivity index (χ0) is 19.6. The van der Waals surface area contributed by atoms with Crippen LogP contribution in [0, 0.1) is 16.7 Å². The predicted molar refractivity (Wildman–Crippen MR) is 102 cm³/mol. The van der Waals surface area contributed by atoms with Gasteiger partial charge in [-0.3, -0.25) is 9.59 Å². The lowest BCUT2D eigenvalue weighted by Gasteiger charge is -2.47. The van der Waals surface area contributed by atoms with E-state index in [0.29, 0.717) is 11.5 Å². The van der Waals surface area contributed by atoms with Crippen LogP contribution in [-0.2, 0) is 9.59 Å². The highest BCUT2D eigenvalue weighted by Crippen LogP contribution is 2.55. The summed E-state index contributed by atoms with van der Waals surface area (Å²) in [6.07, 6.45) is 0.283. The van der Waals surface area contributed by atoms with Crippen molar-refractivity contribution < 1.29 is 19.1 Å². The van der Waals surface area contributed by atoms with E-state index in [0.717, 1.165) is 16.4 Å². The second-order valence-corrected chi connectivity index (χ2v) is 8.97. The first-order valence-corrected chi connectivity index (χ1v) is 10.4. The Bertz CT molecular complexity index is 888. The maximum absolute atomic E-state index is 13.4. The highest BCUT2D eigenvalue weighted by atomic mass is 33.1. The van der Waals surface area contributed by atoms with Gasteiger partial charge in [-0.15, -0.1) is 11.7 Å². The summed E-state index contributed by atoms with van der Waals surface area (Å²) in [6, 6.07) is 6.52. The van der Waals surface area contributed by atoms with E-state index in [1.165, 1.54) is 4.90 Å². The third-order valence-electron chi connectivity index (χ3n) is 5.87. The minimum atomic E-state index is -1.13. The van der Waals surface area contributed by atoms with Crippen LogP contribution < -0.4 is 9.47 Å². The number of rotatable bonds is 2. The molecule has 142 valence electrons. The van der Waals surface area contributed by atoms with Crippen molar-refractivity contribution in [3.05, 3.63) is 23.8 Å². The highest BCUT2D eigenvalue weighted by molar-refractivity contribution is 8.69. The molecule has 2 fully saturated rings. The average molecular weight is 406 g/mol. The first kappa shape index (κ1) is 18.3. The van der Waals surface area contributed by atoms with E-state index in [1.807, 2.05) is 6.07 Å². The van der Waals surface area contributed by atoms with Crippen LogP contribution in [0.25, 0.3) is 0 Å². The summed E-state index contributed by atoms with van der Waals surface area (Å²) in [7, 11) is 2.63. The molecule has 3 aliphatic rings. The summed E-state index contributed by atoms with van der Waals surface area (Å²) in [6.45, 7) is 3.62. The fourth-order valence-electron chi connectivity index (χ4n) is 4.20. The molecule has 2 saturated heterocycles. The summed E-state index contributed by atoms with van der Waals surface area (Å²) in [5.41, 5.74) is -0.153. The molecule has 3 heterocycles. The molecule has 0 aliphatic carbocycles. The summed E-state index contributed by atoms with van der Waals surface area (Å²) in [5.74, 6) is 0.804. The molecule has 0 aromatic heterocycles. The van der Waals surface area contributed by atoms with Gasteiger partial charge in [0.1, 0.15) is 6.04 Å². The van der Waals surface area contributed by atoms with Gasteiger partial charge < -0.3 is 19.3 Å². The highest BCUT2D eigenvalue weighted by Gasteiger charge is 2.62. The monoisotopic (exact) mass is 405 g/mol. The van der Waals surface area contributed by atoms with E-state index in [9.17, 15) is 14.9 Å². The van der Waals surface area contributed by atoms with Crippen LogP contribution in [0.15, 0.2) is 18.2 Å². The van der Waals surface area contributed by atoms with E-state index < -0.39 is 22.4 Å². The quantitative estimate of drug-likeness (QED) is 0.601. The number of piperazine rings is 1. The molecule has 1 unspecified atom stereocenters. The van der Waals surface area contributed by atoms with Gasteiger partial charge in [0.25, 0.3) is 5.91 Å². The Morgan fingerprint density at radius 3 is 2.67 bits per heavy atom. The molecule has 7 nitrogen and oxygen atoms in total. The van der Waals surface area contributed by atoms with Crippen molar-refractivity contribution in [2.45, 2.75) is 37.2 Å². The molecule has 3 aliphatic heterocycles. The Morgan fingerprint density at radius 1 is 1.30 bits per heavy atom. The van der Waals surface area contributed by atoms with Gasteiger partial charge in [-0.05, 0) is 38.0 Å². The number of hydrogen-bond acceptors (Lipinski definition) is 7. The average Bonchev–Trinajstić information content (AvgIpc) is 3.26. The van der Waals surface area contributed by atoms with Crippen LogP contribution in [0.1, 0.15) is 31.9 Å². The summed E-state index contributed by atoms with van der Waals surface area (Å²) >= 11 is 4.25. The number of hydrogen-bond donors (Lipinski definition) is 1. The minimum absolute atomic E-state index is 0.141. The maximum atomic E-state index is 13.4. The molecule has 0 N–H and O–H groups in total. The Balaban J connectivity index is 1.85. The largest absolute Gasteiger partial charge is 0.454 e. The smallest absolute Gasteiger partial charge is 0.260 e. The molecule has 0 radical (unpaired) electrons.